The highest BCUT2D eigenvalue weighted by molar-refractivity contribution is 5.85. The van der Waals surface area contributed by atoms with Gasteiger partial charge in [-0.3, -0.25) is 9.69 Å². The SMILES string of the molecule is CCC(=O)OC1(c2ccc(C)cc2)CCN(C)C1C.Cl. The van der Waals surface area contributed by atoms with Crippen molar-refractivity contribution >= 4 is 18.4 Å². The van der Waals surface area contributed by atoms with Gasteiger partial charge in [0.1, 0.15) is 0 Å². The van der Waals surface area contributed by atoms with E-state index in [1.807, 2.05) is 6.92 Å². The number of aryl methyl sites for hydroxylation is 1. The first-order valence-corrected chi connectivity index (χ1v) is 6.99. The molecule has 1 aliphatic rings. The molecule has 4 heteroatoms. The molecule has 0 aromatic heterocycles. The molecule has 1 heterocycles. The van der Waals surface area contributed by atoms with Crippen LogP contribution < -0.4 is 0 Å². The number of esters is 1. The molecule has 0 N–H and O–H groups in total. The number of halogens is 1. The first-order valence-electron chi connectivity index (χ1n) is 6.99. The summed E-state index contributed by atoms with van der Waals surface area (Å²) >= 11 is 0. The highest BCUT2D eigenvalue weighted by Gasteiger charge is 2.47. The van der Waals surface area contributed by atoms with E-state index in [1.165, 1.54) is 5.56 Å². The number of benzene rings is 1. The number of likely N-dealkylation sites (N-methyl/N-ethyl adjacent to an activating group) is 1. The number of likely N-dealkylation sites (tertiary alicyclic amines) is 1. The molecule has 2 atom stereocenters. The molecule has 1 fully saturated rings. The molecule has 0 saturated carbocycles. The Morgan fingerprint density at radius 3 is 2.45 bits per heavy atom. The maximum atomic E-state index is 11.8. The van der Waals surface area contributed by atoms with Crippen LogP contribution >= 0.6 is 12.4 Å². The van der Waals surface area contributed by atoms with E-state index < -0.39 is 5.60 Å². The number of ether oxygens (including phenoxy) is 1. The van der Waals surface area contributed by atoms with Crippen LogP contribution in [0, 0.1) is 6.92 Å². The summed E-state index contributed by atoms with van der Waals surface area (Å²) in [7, 11) is 2.08. The molecular weight excluding hydrogens is 274 g/mol. The van der Waals surface area contributed by atoms with Gasteiger partial charge < -0.3 is 4.74 Å². The summed E-state index contributed by atoms with van der Waals surface area (Å²) in [5.74, 6) is -0.122. The van der Waals surface area contributed by atoms with Crippen LogP contribution in [0.1, 0.15) is 37.8 Å². The van der Waals surface area contributed by atoms with E-state index >= 15 is 0 Å². The van der Waals surface area contributed by atoms with Crippen LogP contribution in [0.5, 0.6) is 0 Å². The van der Waals surface area contributed by atoms with Gasteiger partial charge in [-0.2, -0.15) is 0 Å². The molecule has 0 bridgehead atoms. The van der Waals surface area contributed by atoms with Crippen molar-refractivity contribution in [1.29, 1.82) is 0 Å². The van der Waals surface area contributed by atoms with Gasteiger partial charge in [0.05, 0.1) is 6.04 Å². The Morgan fingerprint density at radius 2 is 2.00 bits per heavy atom. The van der Waals surface area contributed by atoms with Gasteiger partial charge >= 0.3 is 5.97 Å². The maximum Gasteiger partial charge on any atom is 0.306 e. The molecule has 3 nitrogen and oxygen atoms in total. The van der Waals surface area contributed by atoms with Gasteiger partial charge in [-0.05, 0) is 26.5 Å². The van der Waals surface area contributed by atoms with E-state index in [9.17, 15) is 4.79 Å². The van der Waals surface area contributed by atoms with Crippen LogP contribution in [0.2, 0.25) is 0 Å². The molecule has 2 unspecified atom stereocenters. The molecule has 1 aromatic carbocycles. The minimum Gasteiger partial charge on any atom is -0.452 e. The van der Waals surface area contributed by atoms with Crippen LogP contribution in [0.3, 0.4) is 0 Å². The van der Waals surface area contributed by atoms with Crippen LogP contribution in [0.4, 0.5) is 0 Å². The first kappa shape index (κ1) is 17.0. The lowest BCUT2D eigenvalue weighted by atomic mass is 9.86. The summed E-state index contributed by atoms with van der Waals surface area (Å²) in [6, 6.07) is 8.55. The summed E-state index contributed by atoms with van der Waals surface area (Å²) in [5.41, 5.74) is 1.84. The quantitative estimate of drug-likeness (QED) is 0.802. The van der Waals surface area contributed by atoms with Crippen LogP contribution in [-0.4, -0.2) is 30.5 Å². The zero-order chi connectivity index (χ0) is 14.0. The Labute approximate surface area is 127 Å². The third-order valence-corrected chi connectivity index (χ3v) is 4.30. The Hall–Kier alpha value is -1.06. The van der Waals surface area contributed by atoms with E-state index in [-0.39, 0.29) is 24.4 Å². The maximum absolute atomic E-state index is 11.8. The third-order valence-electron chi connectivity index (χ3n) is 4.30. The molecule has 112 valence electrons. The summed E-state index contributed by atoms with van der Waals surface area (Å²) in [4.78, 5) is 14.1. The van der Waals surface area contributed by atoms with Crippen molar-refractivity contribution in [2.75, 3.05) is 13.6 Å². The van der Waals surface area contributed by atoms with E-state index in [0.29, 0.717) is 6.42 Å². The molecule has 0 spiro atoms. The largest absolute Gasteiger partial charge is 0.452 e. The second-order valence-corrected chi connectivity index (χ2v) is 5.49. The van der Waals surface area contributed by atoms with Gasteiger partial charge in [0, 0.05) is 19.4 Å². The molecule has 0 amide bonds. The topological polar surface area (TPSA) is 29.5 Å². The highest BCUT2D eigenvalue weighted by Crippen LogP contribution is 2.40. The lowest BCUT2D eigenvalue weighted by Gasteiger charge is -2.35. The average Bonchev–Trinajstić information content (AvgIpc) is 2.69. The van der Waals surface area contributed by atoms with Crippen LogP contribution in [0.25, 0.3) is 0 Å². The summed E-state index contributed by atoms with van der Waals surface area (Å²) in [6.07, 6.45) is 1.28. The minimum atomic E-state index is -0.491. The highest BCUT2D eigenvalue weighted by atomic mass is 35.5. The molecule has 2 rings (SSSR count). The summed E-state index contributed by atoms with van der Waals surface area (Å²) < 4.78 is 5.88. The Kier molecular flexibility index (Phi) is 5.60. The van der Waals surface area contributed by atoms with Crippen molar-refractivity contribution in [2.24, 2.45) is 0 Å². The summed E-state index contributed by atoms with van der Waals surface area (Å²) in [5, 5.41) is 0. The minimum absolute atomic E-state index is 0. The van der Waals surface area contributed by atoms with Gasteiger partial charge in [-0.1, -0.05) is 36.8 Å². The molecule has 0 aliphatic carbocycles. The molecule has 1 aliphatic heterocycles. The molecule has 1 saturated heterocycles. The van der Waals surface area contributed by atoms with Gasteiger partial charge in [-0.15, -0.1) is 12.4 Å². The molecular formula is C16H24ClNO2. The van der Waals surface area contributed by atoms with Crippen molar-refractivity contribution in [2.45, 2.75) is 45.3 Å². The predicted molar refractivity (Wildman–Crippen MR) is 83.2 cm³/mol. The molecule has 1 aromatic rings. The number of nitrogens with zero attached hydrogens (tertiary/aromatic N) is 1. The zero-order valence-corrected chi connectivity index (χ0v) is 13.5. The fourth-order valence-electron chi connectivity index (χ4n) is 2.79. The predicted octanol–water partition coefficient (Wildman–Crippen LogP) is 3.29. The second kappa shape index (κ2) is 6.59. The standard InChI is InChI=1S/C16H23NO2.ClH/c1-5-15(18)19-16(10-11-17(4)13(16)3)14-8-6-12(2)7-9-14;/h6-9,13H,5,10-11H2,1-4H3;1H. The van der Waals surface area contributed by atoms with Gasteiger partial charge in [0.15, 0.2) is 5.60 Å². The Balaban J connectivity index is 0.00000200. The fourth-order valence-corrected chi connectivity index (χ4v) is 2.79. The van der Waals surface area contributed by atoms with E-state index in [2.05, 4.69) is 50.1 Å². The van der Waals surface area contributed by atoms with Crippen molar-refractivity contribution in [1.82, 2.24) is 4.90 Å². The van der Waals surface area contributed by atoms with E-state index in [0.717, 1.165) is 18.5 Å². The Morgan fingerprint density at radius 1 is 1.40 bits per heavy atom. The third kappa shape index (κ3) is 2.99. The van der Waals surface area contributed by atoms with Crippen molar-refractivity contribution < 1.29 is 9.53 Å². The Bertz CT molecular complexity index is 460. The van der Waals surface area contributed by atoms with Crippen molar-refractivity contribution in [3.05, 3.63) is 35.4 Å². The first-order chi connectivity index (χ1) is 8.99. The monoisotopic (exact) mass is 297 g/mol. The van der Waals surface area contributed by atoms with E-state index in [4.69, 9.17) is 4.74 Å². The van der Waals surface area contributed by atoms with Gasteiger partial charge in [0.2, 0.25) is 0 Å². The second-order valence-electron chi connectivity index (χ2n) is 5.49. The number of carbonyl (C=O) groups is 1. The molecule has 20 heavy (non-hydrogen) atoms. The van der Waals surface area contributed by atoms with Crippen molar-refractivity contribution in [3.63, 3.8) is 0 Å². The summed E-state index contributed by atoms with van der Waals surface area (Å²) in [6.45, 7) is 7.00. The number of hydrogen-bond donors (Lipinski definition) is 0. The zero-order valence-electron chi connectivity index (χ0n) is 12.7. The van der Waals surface area contributed by atoms with Gasteiger partial charge in [-0.25, -0.2) is 0 Å². The van der Waals surface area contributed by atoms with Gasteiger partial charge in [0.25, 0.3) is 0 Å². The molecule has 0 radical (unpaired) electrons. The lowest BCUT2D eigenvalue weighted by Crippen LogP contribution is -2.42. The smallest absolute Gasteiger partial charge is 0.306 e. The number of rotatable bonds is 3. The van der Waals surface area contributed by atoms with E-state index in [1.54, 1.807) is 0 Å². The number of hydrogen-bond acceptors (Lipinski definition) is 3. The average molecular weight is 298 g/mol. The normalized spacial score (nSPS) is 26.1. The fraction of sp³-hybridized carbons (Fsp3) is 0.562. The van der Waals surface area contributed by atoms with Crippen LogP contribution in [-0.2, 0) is 15.1 Å². The van der Waals surface area contributed by atoms with Crippen LogP contribution in [0.15, 0.2) is 24.3 Å². The lowest BCUT2D eigenvalue weighted by molar-refractivity contribution is -0.163. The van der Waals surface area contributed by atoms with Crippen molar-refractivity contribution in [3.8, 4) is 0 Å². The number of carbonyl (C=O) groups excluding carboxylic acids is 1.